The standard InChI is InChI=1S/C11H8O3S/c12-7-2-1-3-8-9(7)6-4-5-15-10(6)11(13)14-8/h4-5H,1-3H2. The van der Waals surface area contributed by atoms with E-state index in [4.69, 9.17) is 4.42 Å². The minimum absolute atomic E-state index is 0.100. The Balaban J connectivity index is 2.49. The Morgan fingerprint density at radius 1 is 1.27 bits per heavy atom. The molecule has 0 bridgehead atoms. The summed E-state index contributed by atoms with van der Waals surface area (Å²) in [5.74, 6) is 0.672. The molecule has 0 amide bonds. The van der Waals surface area contributed by atoms with Gasteiger partial charge in [-0.15, -0.1) is 11.3 Å². The van der Waals surface area contributed by atoms with E-state index in [0.29, 0.717) is 28.9 Å². The highest BCUT2D eigenvalue weighted by Gasteiger charge is 2.23. The van der Waals surface area contributed by atoms with E-state index >= 15 is 0 Å². The molecule has 1 aliphatic rings. The Morgan fingerprint density at radius 3 is 3.00 bits per heavy atom. The topological polar surface area (TPSA) is 47.3 Å². The van der Waals surface area contributed by atoms with Crippen LogP contribution in [0.15, 0.2) is 20.7 Å². The summed E-state index contributed by atoms with van der Waals surface area (Å²) in [5, 5.41) is 2.60. The number of aryl methyl sites for hydroxylation is 1. The summed E-state index contributed by atoms with van der Waals surface area (Å²) in [6.45, 7) is 0. The molecule has 0 radical (unpaired) electrons. The number of fused-ring (bicyclic) bond motifs is 3. The average molecular weight is 220 g/mol. The van der Waals surface area contributed by atoms with Crippen LogP contribution >= 0.6 is 11.3 Å². The molecule has 2 heterocycles. The van der Waals surface area contributed by atoms with E-state index < -0.39 is 0 Å². The molecule has 0 spiro atoms. The molecule has 0 fully saturated rings. The van der Waals surface area contributed by atoms with E-state index in [9.17, 15) is 9.59 Å². The van der Waals surface area contributed by atoms with Gasteiger partial charge in [0, 0.05) is 18.2 Å². The zero-order chi connectivity index (χ0) is 10.4. The number of carbonyl (C=O) groups excluding carboxylic acids is 1. The first kappa shape index (κ1) is 8.85. The zero-order valence-electron chi connectivity index (χ0n) is 7.91. The van der Waals surface area contributed by atoms with Crippen LogP contribution in [0.3, 0.4) is 0 Å². The maximum atomic E-state index is 11.8. The SMILES string of the molecule is O=C1CCCc2oc(=O)c3sccc3c21. The van der Waals surface area contributed by atoms with Crippen molar-refractivity contribution in [3.05, 3.63) is 33.2 Å². The fraction of sp³-hybridized carbons (Fsp3) is 0.273. The van der Waals surface area contributed by atoms with Gasteiger partial charge >= 0.3 is 5.63 Å². The highest BCUT2D eigenvalue weighted by molar-refractivity contribution is 7.17. The minimum Gasteiger partial charge on any atom is -0.426 e. The third-order valence-corrected chi connectivity index (χ3v) is 3.60. The van der Waals surface area contributed by atoms with Gasteiger partial charge in [0.25, 0.3) is 0 Å². The van der Waals surface area contributed by atoms with Gasteiger partial charge in [0.1, 0.15) is 10.5 Å². The summed E-state index contributed by atoms with van der Waals surface area (Å²) in [6.07, 6.45) is 2.04. The van der Waals surface area contributed by atoms with Gasteiger partial charge in [-0.25, -0.2) is 4.79 Å². The van der Waals surface area contributed by atoms with Crippen LogP contribution in [0.5, 0.6) is 0 Å². The van der Waals surface area contributed by atoms with Crippen molar-refractivity contribution in [2.24, 2.45) is 0 Å². The molecular weight excluding hydrogens is 212 g/mol. The Morgan fingerprint density at radius 2 is 2.13 bits per heavy atom. The van der Waals surface area contributed by atoms with Crippen LogP contribution in [0, 0.1) is 0 Å². The number of ketones is 1. The summed E-state index contributed by atoms with van der Waals surface area (Å²) < 4.78 is 5.74. The van der Waals surface area contributed by atoms with Crippen molar-refractivity contribution in [1.29, 1.82) is 0 Å². The second-order valence-corrected chi connectivity index (χ2v) is 4.54. The van der Waals surface area contributed by atoms with Crippen LogP contribution in [0.2, 0.25) is 0 Å². The first-order valence-corrected chi connectivity index (χ1v) is 5.72. The molecule has 2 aromatic rings. The second-order valence-electron chi connectivity index (χ2n) is 3.63. The lowest BCUT2D eigenvalue weighted by molar-refractivity contribution is 0.0968. The molecule has 15 heavy (non-hydrogen) atoms. The minimum atomic E-state index is -0.312. The third-order valence-electron chi connectivity index (χ3n) is 2.70. The predicted octanol–water partition coefficient (Wildman–Crippen LogP) is 2.37. The van der Waals surface area contributed by atoms with Crippen molar-refractivity contribution in [2.75, 3.05) is 0 Å². The van der Waals surface area contributed by atoms with Crippen molar-refractivity contribution in [2.45, 2.75) is 19.3 Å². The van der Waals surface area contributed by atoms with Gasteiger partial charge in [-0.3, -0.25) is 4.79 Å². The van der Waals surface area contributed by atoms with Crippen molar-refractivity contribution in [3.63, 3.8) is 0 Å². The summed E-state index contributed by atoms with van der Waals surface area (Å²) in [7, 11) is 0. The highest BCUT2D eigenvalue weighted by atomic mass is 32.1. The largest absolute Gasteiger partial charge is 0.426 e. The Hall–Kier alpha value is -1.42. The first-order valence-electron chi connectivity index (χ1n) is 4.84. The van der Waals surface area contributed by atoms with Gasteiger partial charge in [0.2, 0.25) is 0 Å². The maximum Gasteiger partial charge on any atom is 0.354 e. The average Bonchev–Trinajstić information content (AvgIpc) is 2.66. The lowest BCUT2D eigenvalue weighted by atomic mass is 9.94. The quantitative estimate of drug-likeness (QED) is 0.684. The summed E-state index contributed by atoms with van der Waals surface area (Å²) >= 11 is 1.33. The fourth-order valence-electron chi connectivity index (χ4n) is 2.04. The number of thiophene rings is 1. The molecule has 0 atom stereocenters. The van der Waals surface area contributed by atoms with Gasteiger partial charge < -0.3 is 4.42 Å². The Bertz CT molecular complexity index is 606. The molecule has 76 valence electrons. The highest BCUT2D eigenvalue weighted by Crippen LogP contribution is 2.29. The molecule has 0 saturated heterocycles. The first-order chi connectivity index (χ1) is 7.27. The van der Waals surface area contributed by atoms with Crippen molar-refractivity contribution < 1.29 is 9.21 Å². The zero-order valence-corrected chi connectivity index (χ0v) is 8.73. The Labute approximate surface area is 89.3 Å². The lowest BCUT2D eigenvalue weighted by Gasteiger charge is -2.12. The molecule has 0 saturated carbocycles. The number of hydrogen-bond donors (Lipinski definition) is 0. The predicted molar refractivity (Wildman–Crippen MR) is 57.6 cm³/mol. The van der Waals surface area contributed by atoms with Gasteiger partial charge in [0.15, 0.2) is 5.78 Å². The molecule has 0 aliphatic heterocycles. The summed E-state index contributed by atoms with van der Waals surface area (Å²) in [6, 6.07) is 1.83. The molecule has 3 nitrogen and oxygen atoms in total. The van der Waals surface area contributed by atoms with Crippen LogP contribution in [0.4, 0.5) is 0 Å². The number of carbonyl (C=O) groups is 1. The van der Waals surface area contributed by atoms with Crippen molar-refractivity contribution in [3.8, 4) is 0 Å². The molecule has 2 aromatic heterocycles. The second kappa shape index (κ2) is 3.03. The van der Waals surface area contributed by atoms with Gasteiger partial charge in [-0.05, 0) is 17.9 Å². The fourth-order valence-corrected chi connectivity index (χ4v) is 2.82. The number of Topliss-reactive ketones (excluding diaryl/α,β-unsaturated/α-hetero) is 1. The number of hydrogen-bond acceptors (Lipinski definition) is 4. The van der Waals surface area contributed by atoms with Crippen LogP contribution in [0.1, 0.15) is 29.0 Å². The third kappa shape index (κ3) is 1.18. The van der Waals surface area contributed by atoms with Gasteiger partial charge in [-0.2, -0.15) is 0 Å². The van der Waals surface area contributed by atoms with E-state index in [1.54, 1.807) is 0 Å². The molecule has 1 aliphatic carbocycles. The van der Waals surface area contributed by atoms with Gasteiger partial charge in [0.05, 0.1) is 5.56 Å². The van der Waals surface area contributed by atoms with Crippen molar-refractivity contribution in [1.82, 2.24) is 0 Å². The smallest absolute Gasteiger partial charge is 0.354 e. The number of rotatable bonds is 0. The summed E-state index contributed by atoms with van der Waals surface area (Å²) in [4.78, 5) is 23.3. The molecule has 3 rings (SSSR count). The van der Waals surface area contributed by atoms with Crippen LogP contribution in [-0.4, -0.2) is 5.78 Å². The molecular formula is C11H8O3S. The van der Waals surface area contributed by atoms with Crippen LogP contribution < -0.4 is 5.63 Å². The van der Waals surface area contributed by atoms with Crippen LogP contribution in [-0.2, 0) is 6.42 Å². The maximum absolute atomic E-state index is 11.8. The van der Waals surface area contributed by atoms with Crippen molar-refractivity contribution >= 4 is 27.2 Å². The molecule has 0 aromatic carbocycles. The normalized spacial score (nSPS) is 15.6. The Kier molecular flexibility index (Phi) is 1.79. The molecule has 0 unspecified atom stereocenters. The van der Waals surface area contributed by atoms with E-state index in [2.05, 4.69) is 0 Å². The lowest BCUT2D eigenvalue weighted by Crippen LogP contribution is -2.14. The monoisotopic (exact) mass is 220 g/mol. The molecule has 0 N–H and O–H groups in total. The van der Waals surface area contributed by atoms with E-state index in [-0.39, 0.29) is 11.4 Å². The van der Waals surface area contributed by atoms with E-state index in [0.717, 1.165) is 11.8 Å². The van der Waals surface area contributed by atoms with Crippen LogP contribution in [0.25, 0.3) is 10.1 Å². The summed E-state index contributed by atoms with van der Waals surface area (Å²) in [5.41, 5.74) is 0.325. The van der Waals surface area contributed by atoms with Gasteiger partial charge in [-0.1, -0.05) is 0 Å². The molecule has 4 heteroatoms. The van der Waals surface area contributed by atoms with E-state index in [1.807, 2.05) is 11.4 Å². The van der Waals surface area contributed by atoms with E-state index in [1.165, 1.54) is 11.3 Å².